The summed E-state index contributed by atoms with van der Waals surface area (Å²) in [5.41, 5.74) is 1.63. The van der Waals surface area contributed by atoms with E-state index in [4.69, 9.17) is 9.47 Å². The van der Waals surface area contributed by atoms with Crippen LogP contribution < -0.4 is 9.47 Å². The van der Waals surface area contributed by atoms with Crippen LogP contribution in [0.2, 0.25) is 0 Å². The topological polar surface area (TPSA) is 51.7 Å². The molecule has 5 heteroatoms. The fourth-order valence-corrected chi connectivity index (χ4v) is 3.68. The Morgan fingerprint density at radius 1 is 1.15 bits per heavy atom. The van der Waals surface area contributed by atoms with E-state index in [0.29, 0.717) is 42.1 Å². The number of carbonyl (C=O) groups is 1. The Labute approximate surface area is 161 Å². The summed E-state index contributed by atoms with van der Waals surface area (Å²) in [6.45, 7) is 8.88. The van der Waals surface area contributed by atoms with Gasteiger partial charge >= 0.3 is 0 Å². The average Bonchev–Trinajstić information content (AvgIpc) is 2.66. The quantitative estimate of drug-likeness (QED) is 0.768. The number of amides is 1. The number of hydrogen-bond acceptors (Lipinski definition) is 4. The van der Waals surface area contributed by atoms with Crippen molar-refractivity contribution >= 4 is 5.91 Å². The van der Waals surface area contributed by atoms with Gasteiger partial charge in [-0.1, -0.05) is 19.9 Å². The summed E-state index contributed by atoms with van der Waals surface area (Å²) in [6.07, 6.45) is 4.68. The van der Waals surface area contributed by atoms with Crippen LogP contribution in [0.1, 0.15) is 43.1 Å². The summed E-state index contributed by atoms with van der Waals surface area (Å²) < 4.78 is 11.6. The van der Waals surface area contributed by atoms with Crippen LogP contribution in [0.15, 0.2) is 42.7 Å². The average molecular weight is 368 g/mol. The third-order valence-electron chi connectivity index (χ3n) is 4.76. The molecule has 2 aromatic rings. The van der Waals surface area contributed by atoms with E-state index in [2.05, 4.69) is 18.8 Å². The second kappa shape index (κ2) is 8.89. The summed E-state index contributed by atoms with van der Waals surface area (Å²) >= 11 is 0. The summed E-state index contributed by atoms with van der Waals surface area (Å²) in [5.74, 6) is 2.37. The van der Waals surface area contributed by atoms with Crippen LogP contribution in [-0.2, 0) is 6.61 Å². The summed E-state index contributed by atoms with van der Waals surface area (Å²) in [6, 6.07) is 9.29. The predicted octanol–water partition coefficient (Wildman–Crippen LogP) is 4.18. The van der Waals surface area contributed by atoms with Gasteiger partial charge in [-0.25, -0.2) is 0 Å². The van der Waals surface area contributed by atoms with Crippen molar-refractivity contribution in [3.63, 3.8) is 0 Å². The monoisotopic (exact) mass is 368 g/mol. The second-order valence-corrected chi connectivity index (χ2v) is 7.40. The van der Waals surface area contributed by atoms with Gasteiger partial charge in [0.2, 0.25) is 0 Å². The van der Waals surface area contributed by atoms with Crippen molar-refractivity contribution in [2.24, 2.45) is 11.8 Å². The molecule has 1 amide bonds. The minimum atomic E-state index is 0.0631. The number of hydrogen-bond donors (Lipinski definition) is 0. The van der Waals surface area contributed by atoms with Crippen molar-refractivity contribution in [3.8, 4) is 11.5 Å². The van der Waals surface area contributed by atoms with Crippen molar-refractivity contribution in [1.29, 1.82) is 0 Å². The Kier molecular flexibility index (Phi) is 6.32. The van der Waals surface area contributed by atoms with E-state index >= 15 is 0 Å². The van der Waals surface area contributed by atoms with Gasteiger partial charge in [0.25, 0.3) is 5.91 Å². The standard InChI is InChI=1S/C22H28N2O3/c1-4-26-21-11-19(22(25)24-13-16(2)10-17(3)14-24)7-8-20(21)27-15-18-6-5-9-23-12-18/h5-9,11-12,16-17H,4,10,13-15H2,1-3H3. The molecule has 3 rings (SSSR count). The van der Waals surface area contributed by atoms with E-state index in [1.54, 1.807) is 18.5 Å². The molecule has 5 nitrogen and oxygen atoms in total. The molecule has 0 N–H and O–H groups in total. The molecular formula is C22H28N2O3. The fraction of sp³-hybridized carbons (Fsp3) is 0.455. The van der Waals surface area contributed by atoms with Crippen molar-refractivity contribution < 1.29 is 14.3 Å². The van der Waals surface area contributed by atoms with Gasteiger partial charge in [0, 0.05) is 36.6 Å². The van der Waals surface area contributed by atoms with Crippen LogP contribution in [0.4, 0.5) is 0 Å². The molecule has 0 aliphatic carbocycles. The lowest BCUT2D eigenvalue weighted by Gasteiger charge is -2.35. The molecule has 1 fully saturated rings. The first kappa shape index (κ1) is 19.2. The third-order valence-corrected chi connectivity index (χ3v) is 4.76. The Balaban J connectivity index is 1.75. The number of aromatic nitrogens is 1. The van der Waals surface area contributed by atoms with E-state index in [1.807, 2.05) is 36.1 Å². The molecule has 1 aliphatic heterocycles. The number of likely N-dealkylation sites (tertiary alicyclic amines) is 1. The molecule has 27 heavy (non-hydrogen) atoms. The molecule has 144 valence electrons. The van der Waals surface area contributed by atoms with Gasteiger partial charge in [0.15, 0.2) is 11.5 Å². The van der Waals surface area contributed by atoms with E-state index in [-0.39, 0.29) is 5.91 Å². The number of pyridine rings is 1. The van der Waals surface area contributed by atoms with Gasteiger partial charge < -0.3 is 14.4 Å². The zero-order valence-electron chi connectivity index (χ0n) is 16.4. The van der Waals surface area contributed by atoms with Crippen molar-refractivity contribution in [2.45, 2.75) is 33.8 Å². The molecule has 1 aliphatic rings. The van der Waals surface area contributed by atoms with Crippen LogP contribution in [-0.4, -0.2) is 35.5 Å². The highest BCUT2D eigenvalue weighted by molar-refractivity contribution is 5.95. The van der Waals surface area contributed by atoms with E-state index in [0.717, 1.165) is 18.7 Å². The fourth-order valence-electron chi connectivity index (χ4n) is 3.68. The number of piperidine rings is 1. The Bertz CT molecular complexity index is 753. The van der Waals surface area contributed by atoms with Crippen LogP contribution in [0, 0.1) is 11.8 Å². The van der Waals surface area contributed by atoms with Gasteiger partial charge in [0.05, 0.1) is 6.61 Å². The first-order valence-corrected chi connectivity index (χ1v) is 9.64. The molecular weight excluding hydrogens is 340 g/mol. The van der Waals surface area contributed by atoms with E-state index in [9.17, 15) is 4.79 Å². The largest absolute Gasteiger partial charge is 0.490 e. The molecule has 0 saturated carbocycles. The van der Waals surface area contributed by atoms with Crippen molar-refractivity contribution in [1.82, 2.24) is 9.88 Å². The molecule has 1 aromatic carbocycles. The lowest BCUT2D eigenvalue weighted by atomic mass is 9.91. The molecule has 1 saturated heterocycles. The highest BCUT2D eigenvalue weighted by atomic mass is 16.5. The van der Waals surface area contributed by atoms with Gasteiger partial charge in [-0.3, -0.25) is 9.78 Å². The van der Waals surface area contributed by atoms with Gasteiger partial charge in [-0.15, -0.1) is 0 Å². The lowest BCUT2D eigenvalue weighted by molar-refractivity contribution is 0.0622. The maximum absolute atomic E-state index is 13.0. The molecule has 2 atom stereocenters. The predicted molar refractivity (Wildman–Crippen MR) is 105 cm³/mol. The first-order valence-electron chi connectivity index (χ1n) is 9.64. The molecule has 1 aromatic heterocycles. The van der Waals surface area contributed by atoms with Crippen molar-refractivity contribution in [3.05, 3.63) is 53.9 Å². The smallest absolute Gasteiger partial charge is 0.254 e. The highest BCUT2D eigenvalue weighted by Gasteiger charge is 2.26. The Morgan fingerprint density at radius 2 is 1.93 bits per heavy atom. The number of ether oxygens (including phenoxy) is 2. The summed E-state index contributed by atoms with van der Waals surface area (Å²) in [5, 5.41) is 0. The number of benzene rings is 1. The molecule has 2 unspecified atom stereocenters. The summed E-state index contributed by atoms with van der Waals surface area (Å²) in [4.78, 5) is 19.0. The van der Waals surface area contributed by atoms with Gasteiger partial charge in [-0.2, -0.15) is 0 Å². The van der Waals surface area contributed by atoms with Gasteiger partial charge in [-0.05, 0) is 49.4 Å². The molecule has 2 heterocycles. The maximum atomic E-state index is 13.0. The molecule has 0 bridgehead atoms. The molecule has 0 spiro atoms. The highest BCUT2D eigenvalue weighted by Crippen LogP contribution is 2.31. The van der Waals surface area contributed by atoms with Crippen LogP contribution in [0.5, 0.6) is 11.5 Å². The third kappa shape index (κ3) is 5.00. The van der Waals surface area contributed by atoms with Gasteiger partial charge in [0.1, 0.15) is 6.61 Å². The maximum Gasteiger partial charge on any atom is 0.254 e. The lowest BCUT2D eigenvalue weighted by Crippen LogP contribution is -2.42. The molecule has 0 radical (unpaired) electrons. The summed E-state index contributed by atoms with van der Waals surface area (Å²) in [7, 11) is 0. The van der Waals surface area contributed by atoms with Crippen LogP contribution in [0.25, 0.3) is 0 Å². The minimum Gasteiger partial charge on any atom is -0.490 e. The Hall–Kier alpha value is -2.56. The second-order valence-electron chi connectivity index (χ2n) is 7.40. The van der Waals surface area contributed by atoms with Crippen LogP contribution >= 0.6 is 0 Å². The minimum absolute atomic E-state index is 0.0631. The normalized spacial score (nSPS) is 19.6. The SMILES string of the molecule is CCOc1cc(C(=O)N2CC(C)CC(C)C2)ccc1OCc1cccnc1. The zero-order chi connectivity index (χ0) is 19.2. The van der Waals surface area contributed by atoms with E-state index in [1.165, 1.54) is 6.42 Å². The number of carbonyl (C=O) groups excluding carboxylic acids is 1. The number of rotatable bonds is 6. The number of nitrogens with zero attached hydrogens (tertiary/aromatic N) is 2. The van der Waals surface area contributed by atoms with Crippen LogP contribution in [0.3, 0.4) is 0 Å². The first-order chi connectivity index (χ1) is 13.1. The van der Waals surface area contributed by atoms with E-state index < -0.39 is 0 Å². The zero-order valence-corrected chi connectivity index (χ0v) is 16.4. The Morgan fingerprint density at radius 3 is 2.59 bits per heavy atom. The van der Waals surface area contributed by atoms with Crippen molar-refractivity contribution in [2.75, 3.05) is 19.7 Å².